The number of anilines is 1. The van der Waals surface area contributed by atoms with Crippen LogP contribution in [0.1, 0.15) is 0 Å². The molecule has 1 N–H and O–H groups in total. The minimum Gasteiger partial charge on any atom is -0.277 e. The Kier molecular flexibility index (Phi) is 3.87. The number of halogens is 2. The highest BCUT2D eigenvalue weighted by molar-refractivity contribution is 9.10. The van der Waals surface area contributed by atoms with E-state index in [1.165, 1.54) is 6.20 Å². The molecule has 0 aliphatic rings. The number of para-hydroxylation sites is 1. The second-order valence-corrected chi connectivity index (χ2v) is 8.51. The number of nitrogens with one attached hydrogen (secondary N) is 1. The first-order chi connectivity index (χ1) is 9.95. The fraction of sp³-hybridized carbons (Fsp3) is 0. The summed E-state index contributed by atoms with van der Waals surface area (Å²) in [5.74, 6) is 0. The van der Waals surface area contributed by atoms with Gasteiger partial charge in [-0.2, -0.15) is 0 Å². The van der Waals surface area contributed by atoms with Gasteiger partial charge in [-0.05, 0) is 28.1 Å². The number of sulfonamides is 1. The van der Waals surface area contributed by atoms with Gasteiger partial charge in [0.2, 0.25) is 0 Å². The average molecular weight is 405 g/mol. The summed E-state index contributed by atoms with van der Waals surface area (Å²) >= 11 is 9.91. The molecule has 0 aliphatic heterocycles. The van der Waals surface area contributed by atoms with E-state index in [1.807, 2.05) is 12.1 Å². The quantitative estimate of drug-likeness (QED) is 0.718. The second kappa shape index (κ2) is 5.53. The van der Waals surface area contributed by atoms with E-state index in [-0.39, 0.29) is 8.68 Å². The Labute approximate surface area is 138 Å². The zero-order valence-corrected chi connectivity index (χ0v) is 14.2. The van der Waals surface area contributed by atoms with Gasteiger partial charge in [-0.15, -0.1) is 0 Å². The van der Waals surface area contributed by atoms with Crippen molar-refractivity contribution in [3.05, 3.63) is 45.6 Å². The lowest BCUT2D eigenvalue weighted by atomic mass is 10.2. The van der Waals surface area contributed by atoms with Gasteiger partial charge in [0.25, 0.3) is 10.0 Å². The maximum absolute atomic E-state index is 12.3. The molecule has 3 rings (SSSR count). The summed E-state index contributed by atoms with van der Waals surface area (Å²) in [6.07, 6.45) is 2.84. The third-order valence-electron chi connectivity index (χ3n) is 2.64. The third kappa shape index (κ3) is 3.03. The first kappa shape index (κ1) is 14.7. The Morgan fingerprint density at radius 3 is 2.76 bits per heavy atom. The summed E-state index contributed by atoms with van der Waals surface area (Å²) in [6, 6.07) is 7.13. The third-order valence-corrected chi connectivity index (χ3v) is 6.02. The van der Waals surface area contributed by atoms with E-state index < -0.39 is 10.0 Å². The Hall–Kier alpha value is -1.22. The van der Waals surface area contributed by atoms with Crippen LogP contribution in [0.4, 0.5) is 5.69 Å². The lowest BCUT2D eigenvalue weighted by molar-refractivity contribution is 0.603. The fourth-order valence-corrected chi connectivity index (χ4v) is 4.48. The molecule has 3 aromatic rings. The summed E-state index contributed by atoms with van der Waals surface area (Å²) < 4.78 is 28.2. The van der Waals surface area contributed by atoms with Crippen molar-refractivity contribution in [3.8, 4) is 0 Å². The van der Waals surface area contributed by atoms with E-state index in [4.69, 9.17) is 11.6 Å². The van der Waals surface area contributed by atoms with Gasteiger partial charge in [0.1, 0.15) is 0 Å². The van der Waals surface area contributed by atoms with Crippen LogP contribution >= 0.6 is 38.9 Å². The molecule has 0 radical (unpaired) electrons. The van der Waals surface area contributed by atoms with Crippen LogP contribution < -0.4 is 4.72 Å². The number of aromatic nitrogens is 2. The van der Waals surface area contributed by atoms with E-state index in [1.54, 1.807) is 18.3 Å². The minimum atomic E-state index is -3.72. The molecule has 0 fully saturated rings. The van der Waals surface area contributed by atoms with Crippen molar-refractivity contribution in [1.29, 1.82) is 0 Å². The van der Waals surface area contributed by atoms with Gasteiger partial charge in [-0.1, -0.05) is 35.1 Å². The molecule has 0 unspecified atom stereocenters. The molecule has 0 saturated heterocycles. The van der Waals surface area contributed by atoms with Gasteiger partial charge in [0.15, 0.2) is 8.68 Å². The summed E-state index contributed by atoms with van der Waals surface area (Å²) in [5.41, 5.74) is 0.976. The standard InChI is InChI=1S/C12H7BrClN3O2S2/c13-8-4-7-2-1-3-9(11(7)15-5-8)17-21(18,19)10-6-16-12(14)20-10/h1-6,17H. The minimum absolute atomic E-state index is 0.0571. The lowest BCUT2D eigenvalue weighted by Crippen LogP contribution is -2.12. The van der Waals surface area contributed by atoms with Crippen molar-refractivity contribution in [2.24, 2.45) is 0 Å². The second-order valence-electron chi connectivity index (χ2n) is 4.07. The van der Waals surface area contributed by atoms with Crippen molar-refractivity contribution in [3.63, 3.8) is 0 Å². The maximum Gasteiger partial charge on any atom is 0.273 e. The molecule has 108 valence electrons. The Morgan fingerprint density at radius 1 is 1.24 bits per heavy atom. The normalized spacial score (nSPS) is 11.7. The number of hydrogen-bond donors (Lipinski definition) is 1. The summed E-state index contributed by atoms with van der Waals surface area (Å²) in [7, 11) is -3.72. The van der Waals surface area contributed by atoms with Crippen molar-refractivity contribution in [2.75, 3.05) is 4.72 Å². The van der Waals surface area contributed by atoms with Crippen LogP contribution in [0, 0.1) is 0 Å². The molecule has 2 heterocycles. The van der Waals surface area contributed by atoms with Crippen LogP contribution in [0.2, 0.25) is 4.47 Å². The molecule has 0 bridgehead atoms. The molecule has 5 nitrogen and oxygen atoms in total. The number of pyridine rings is 1. The summed E-state index contributed by atoms with van der Waals surface area (Å²) in [5, 5.41) is 0.826. The molecule has 0 atom stereocenters. The van der Waals surface area contributed by atoms with Gasteiger partial charge >= 0.3 is 0 Å². The predicted molar refractivity (Wildman–Crippen MR) is 87.4 cm³/mol. The van der Waals surface area contributed by atoms with Crippen molar-refractivity contribution >= 4 is 65.5 Å². The lowest BCUT2D eigenvalue weighted by Gasteiger charge is -2.08. The monoisotopic (exact) mass is 403 g/mol. The largest absolute Gasteiger partial charge is 0.277 e. The molecular formula is C12H7BrClN3O2S2. The molecule has 0 amide bonds. The topological polar surface area (TPSA) is 72.0 Å². The number of hydrogen-bond acceptors (Lipinski definition) is 5. The van der Waals surface area contributed by atoms with Gasteiger partial charge in [0.05, 0.1) is 17.4 Å². The fourth-order valence-electron chi connectivity index (χ4n) is 1.77. The molecule has 21 heavy (non-hydrogen) atoms. The van der Waals surface area contributed by atoms with Gasteiger partial charge < -0.3 is 0 Å². The zero-order valence-electron chi connectivity index (χ0n) is 10.2. The Bertz CT molecular complexity index is 927. The van der Waals surface area contributed by atoms with E-state index in [0.717, 1.165) is 21.2 Å². The van der Waals surface area contributed by atoms with Crippen LogP contribution in [0.3, 0.4) is 0 Å². The van der Waals surface area contributed by atoms with E-state index in [9.17, 15) is 8.42 Å². The maximum atomic E-state index is 12.3. The van der Waals surface area contributed by atoms with Gasteiger partial charge in [-0.3, -0.25) is 9.71 Å². The Morgan fingerprint density at radius 2 is 2.05 bits per heavy atom. The van der Waals surface area contributed by atoms with Gasteiger partial charge in [0, 0.05) is 16.1 Å². The SMILES string of the molecule is O=S(=O)(Nc1cccc2cc(Br)cnc12)c1cnc(Cl)s1. The Balaban J connectivity index is 2.06. The van der Waals surface area contributed by atoms with Crippen molar-refractivity contribution in [2.45, 2.75) is 4.21 Å². The molecule has 9 heteroatoms. The molecule has 0 aliphatic carbocycles. The summed E-state index contributed by atoms with van der Waals surface area (Å²) in [6.45, 7) is 0. The van der Waals surface area contributed by atoms with Crippen LogP contribution in [-0.4, -0.2) is 18.4 Å². The number of benzene rings is 1. The zero-order chi connectivity index (χ0) is 15.0. The van der Waals surface area contributed by atoms with Crippen molar-refractivity contribution < 1.29 is 8.42 Å². The van der Waals surface area contributed by atoms with E-state index >= 15 is 0 Å². The highest BCUT2D eigenvalue weighted by Gasteiger charge is 2.19. The van der Waals surface area contributed by atoms with Crippen LogP contribution in [0.5, 0.6) is 0 Å². The van der Waals surface area contributed by atoms with Crippen molar-refractivity contribution in [1.82, 2.24) is 9.97 Å². The molecule has 0 saturated carbocycles. The summed E-state index contributed by atoms with van der Waals surface area (Å²) in [4.78, 5) is 7.99. The smallest absolute Gasteiger partial charge is 0.273 e. The first-order valence-electron chi connectivity index (χ1n) is 5.64. The molecular weight excluding hydrogens is 398 g/mol. The van der Waals surface area contributed by atoms with E-state index in [0.29, 0.717) is 11.2 Å². The molecule has 2 aromatic heterocycles. The predicted octanol–water partition coefficient (Wildman–Crippen LogP) is 3.91. The van der Waals surface area contributed by atoms with Crippen LogP contribution in [0.25, 0.3) is 10.9 Å². The molecule has 1 aromatic carbocycles. The van der Waals surface area contributed by atoms with E-state index in [2.05, 4.69) is 30.6 Å². The molecule has 0 spiro atoms. The number of fused-ring (bicyclic) bond motifs is 1. The average Bonchev–Trinajstić information content (AvgIpc) is 2.86. The van der Waals surface area contributed by atoms with Crippen LogP contribution in [-0.2, 0) is 10.0 Å². The first-order valence-corrected chi connectivity index (χ1v) is 9.11. The highest BCUT2D eigenvalue weighted by atomic mass is 79.9. The van der Waals surface area contributed by atoms with Crippen LogP contribution in [0.15, 0.2) is 45.3 Å². The highest BCUT2D eigenvalue weighted by Crippen LogP contribution is 2.28. The van der Waals surface area contributed by atoms with Gasteiger partial charge in [-0.25, -0.2) is 13.4 Å². The number of nitrogens with zero attached hydrogens (tertiary/aromatic N) is 2. The number of thiazole rings is 1. The number of rotatable bonds is 3.